The minimum absolute atomic E-state index is 0.306. The van der Waals surface area contributed by atoms with E-state index < -0.39 is 52.7 Å². The highest BCUT2D eigenvalue weighted by Crippen LogP contribution is 2.27. The molecule has 0 amide bonds. The van der Waals surface area contributed by atoms with E-state index in [4.69, 9.17) is 5.41 Å². The fraction of sp³-hybridized carbons (Fsp3) is 0.267. The van der Waals surface area contributed by atoms with Gasteiger partial charge in [-0.25, -0.2) is 4.79 Å². The van der Waals surface area contributed by atoms with Crippen molar-refractivity contribution in [1.29, 1.82) is 5.41 Å². The van der Waals surface area contributed by atoms with E-state index in [1.165, 1.54) is 19.1 Å². The molecule has 1 heterocycles. The molecule has 0 fully saturated rings. The van der Waals surface area contributed by atoms with Gasteiger partial charge in [0.15, 0.2) is 5.71 Å². The van der Waals surface area contributed by atoms with Gasteiger partial charge in [0, 0.05) is 6.04 Å². The number of aromatic nitrogens is 2. The van der Waals surface area contributed by atoms with Gasteiger partial charge >= 0.3 is 18.2 Å². The standard InChI is InChI=1S/C15H12F6N4O3/c1-6(7-2-4-8(5-3-7)28-15(19,20)21)23-11-9(10(22)14(16,17)18)12(26)25-13(27)24-11/h2-6,22H,1H3,(H3,23,24,25,26,27). The number of benzene rings is 1. The van der Waals surface area contributed by atoms with E-state index in [0.29, 0.717) is 5.56 Å². The van der Waals surface area contributed by atoms with Crippen molar-refractivity contribution >= 4 is 11.5 Å². The molecule has 0 aliphatic carbocycles. The first-order chi connectivity index (χ1) is 12.8. The molecule has 0 aliphatic heterocycles. The lowest BCUT2D eigenvalue weighted by atomic mass is 10.1. The largest absolute Gasteiger partial charge is 0.573 e. The lowest BCUT2D eigenvalue weighted by Crippen LogP contribution is -2.35. The van der Waals surface area contributed by atoms with Gasteiger partial charge in [0.05, 0.1) is 0 Å². The zero-order chi connectivity index (χ0) is 21.3. The molecule has 0 aliphatic rings. The molecule has 0 saturated carbocycles. The molecule has 4 N–H and O–H groups in total. The Morgan fingerprint density at radius 1 is 1.07 bits per heavy atom. The molecule has 0 bridgehead atoms. The van der Waals surface area contributed by atoms with Crippen molar-refractivity contribution in [2.75, 3.05) is 5.32 Å². The fourth-order valence-corrected chi connectivity index (χ4v) is 2.23. The van der Waals surface area contributed by atoms with Crippen LogP contribution in [-0.2, 0) is 0 Å². The van der Waals surface area contributed by atoms with Crippen molar-refractivity contribution in [2.24, 2.45) is 0 Å². The van der Waals surface area contributed by atoms with Crippen LogP contribution in [0.25, 0.3) is 0 Å². The van der Waals surface area contributed by atoms with Crippen LogP contribution < -0.4 is 21.3 Å². The number of H-pyrrole nitrogens is 2. The van der Waals surface area contributed by atoms with Crippen LogP contribution in [0.2, 0.25) is 0 Å². The summed E-state index contributed by atoms with van der Waals surface area (Å²) in [6, 6.07) is 3.54. The van der Waals surface area contributed by atoms with Crippen LogP contribution in [0.5, 0.6) is 5.75 Å². The molecule has 0 spiro atoms. The van der Waals surface area contributed by atoms with Gasteiger partial charge in [-0.2, -0.15) is 13.2 Å². The van der Waals surface area contributed by atoms with E-state index in [-0.39, 0.29) is 0 Å². The maximum absolute atomic E-state index is 12.8. The smallest absolute Gasteiger partial charge is 0.406 e. The molecule has 7 nitrogen and oxygen atoms in total. The van der Waals surface area contributed by atoms with Gasteiger partial charge in [0.25, 0.3) is 5.56 Å². The van der Waals surface area contributed by atoms with Crippen LogP contribution in [0.15, 0.2) is 33.9 Å². The summed E-state index contributed by atoms with van der Waals surface area (Å²) in [6.07, 6.45) is -10.0. The van der Waals surface area contributed by atoms with Gasteiger partial charge in [-0.1, -0.05) is 12.1 Å². The maximum Gasteiger partial charge on any atom is 0.573 e. The molecule has 1 aromatic heterocycles. The monoisotopic (exact) mass is 410 g/mol. The van der Waals surface area contributed by atoms with Crippen LogP contribution >= 0.6 is 0 Å². The average Bonchev–Trinajstić information content (AvgIpc) is 2.52. The molecule has 2 rings (SSSR count). The number of anilines is 1. The summed E-state index contributed by atoms with van der Waals surface area (Å²) < 4.78 is 78.7. The molecule has 1 atom stereocenters. The number of ether oxygens (including phenoxy) is 1. The Labute approximate surface area is 151 Å². The lowest BCUT2D eigenvalue weighted by Gasteiger charge is -2.19. The van der Waals surface area contributed by atoms with E-state index in [9.17, 15) is 35.9 Å². The third kappa shape index (κ3) is 5.14. The summed E-state index contributed by atoms with van der Waals surface area (Å²) in [7, 11) is 0. The number of halogens is 6. The van der Waals surface area contributed by atoms with Crippen molar-refractivity contribution in [3.05, 3.63) is 56.2 Å². The van der Waals surface area contributed by atoms with Crippen molar-refractivity contribution in [1.82, 2.24) is 9.97 Å². The lowest BCUT2D eigenvalue weighted by molar-refractivity contribution is -0.274. The second-order valence-electron chi connectivity index (χ2n) is 5.51. The van der Waals surface area contributed by atoms with Crippen molar-refractivity contribution in [3.8, 4) is 5.75 Å². The second kappa shape index (κ2) is 7.40. The zero-order valence-corrected chi connectivity index (χ0v) is 13.9. The topological polar surface area (TPSA) is 111 Å². The Bertz CT molecular complexity index is 975. The molecule has 2 aromatic rings. The number of hydrogen-bond donors (Lipinski definition) is 4. The predicted octanol–water partition coefficient (Wildman–Crippen LogP) is 3.07. The Morgan fingerprint density at radius 2 is 1.64 bits per heavy atom. The second-order valence-corrected chi connectivity index (χ2v) is 5.51. The predicted molar refractivity (Wildman–Crippen MR) is 85.7 cm³/mol. The molecule has 28 heavy (non-hydrogen) atoms. The quantitative estimate of drug-likeness (QED) is 0.449. The van der Waals surface area contributed by atoms with Crippen LogP contribution in [0.1, 0.15) is 24.1 Å². The molecular weight excluding hydrogens is 398 g/mol. The van der Waals surface area contributed by atoms with Crippen molar-refractivity contribution in [3.63, 3.8) is 0 Å². The van der Waals surface area contributed by atoms with E-state index in [2.05, 4.69) is 10.1 Å². The van der Waals surface area contributed by atoms with Gasteiger partial charge in [-0.05, 0) is 24.6 Å². The highest BCUT2D eigenvalue weighted by molar-refractivity contribution is 6.05. The molecular formula is C15H12F6N4O3. The fourth-order valence-electron chi connectivity index (χ4n) is 2.23. The van der Waals surface area contributed by atoms with Crippen LogP contribution in [0, 0.1) is 5.41 Å². The van der Waals surface area contributed by atoms with E-state index in [0.717, 1.165) is 12.1 Å². The van der Waals surface area contributed by atoms with E-state index in [1.807, 2.05) is 4.98 Å². The number of nitrogens with one attached hydrogen (secondary N) is 4. The summed E-state index contributed by atoms with van der Waals surface area (Å²) in [5.41, 5.74) is -5.33. The number of aromatic amines is 2. The first kappa shape index (κ1) is 21.1. The average molecular weight is 410 g/mol. The van der Waals surface area contributed by atoms with Gasteiger partial charge in [-0.3, -0.25) is 20.2 Å². The Balaban J connectivity index is 2.34. The van der Waals surface area contributed by atoms with Crippen molar-refractivity contribution in [2.45, 2.75) is 25.5 Å². The summed E-state index contributed by atoms with van der Waals surface area (Å²) in [4.78, 5) is 26.8. The first-order valence-electron chi connectivity index (χ1n) is 7.43. The molecule has 0 saturated heterocycles. The zero-order valence-electron chi connectivity index (χ0n) is 13.9. The number of alkyl halides is 6. The Morgan fingerprint density at radius 3 is 2.14 bits per heavy atom. The minimum Gasteiger partial charge on any atom is -0.406 e. The van der Waals surface area contributed by atoms with Crippen molar-refractivity contribution < 1.29 is 31.1 Å². The Hall–Kier alpha value is -3.25. The van der Waals surface area contributed by atoms with Gasteiger partial charge in [0.1, 0.15) is 17.1 Å². The highest BCUT2D eigenvalue weighted by atomic mass is 19.4. The minimum atomic E-state index is -5.15. The van der Waals surface area contributed by atoms with Gasteiger partial charge in [-0.15, -0.1) is 13.2 Å². The van der Waals surface area contributed by atoms with E-state index in [1.54, 1.807) is 4.98 Å². The number of hydrogen-bond acceptors (Lipinski definition) is 5. The maximum atomic E-state index is 12.8. The summed E-state index contributed by atoms with van der Waals surface area (Å²) in [5.74, 6) is -1.16. The molecule has 1 aromatic carbocycles. The van der Waals surface area contributed by atoms with Crippen LogP contribution in [-0.4, -0.2) is 28.2 Å². The van der Waals surface area contributed by atoms with E-state index >= 15 is 0 Å². The molecule has 13 heteroatoms. The third-order valence-electron chi connectivity index (χ3n) is 3.45. The third-order valence-corrected chi connectivity index (χ3v) is 3.45. The van der Waals surface area contributed by atoms with Crippen LogP contribution in [0.3, 0.4) is 0 Å². The summed E-state index contributed by atoms with van der Waals surface area (Å²) in [6.45, 7) is 1.42. The van der Waals surface area contributed by atoms with Gasteiger partial charge in [0.2, 0.25) is 0 Å². The normalized spacial score (nSPS) is 13.1. The van der Waals surface area contributed by atoms with Gasteiger partial charge < -0.3 is 10.1 Å². The first-order valence-corrected chi connectivity index (χ1v) is 7.43. The van der Waals surface area contributed by atoms with Crippen LogP contribution in [0.4, 0.5) is 32.2 Å². The highest BCUT2D eigenvalue weighted by Gasteiger charge is 2.39. The Kier molecular flexibility index (Phi) is 5.57. The molecule has 0 radical (unpaired) electrons. The molecule has 152 valence electrons. The SMILES string of the molecule is CC(Nc1[nH]c(=O)[nH]c(=O)c1C(=N)C(F)(F)F)c1ccc(OC(F)(F)F)cc1. The summed E-state index contributed by atoms with van der Waals surface area (Å²) >= 11 is 0. The molecule has 1 unspecified atom stereocenters. The number of rotatable bonds is 5. The summed E-state index contributed by atoms with van der Waals surface area (Å²) in [5, 5.41) is 9.61.